The van der Waals surface area contributed by atoms with E-state index in [1.54, 1.807) is 0 Å². The minimum atomic E-state index is -4.85. The summed E-state index contributed by atoms with van der Waals surface area (Å²) in [6, 6.07) is 12.1. The van der Waals surface area contributed by atoms with Crippen LogP contribution in [0.25, 0.3) is 0 Å². The lowest BCUT2D eigenvalue weighted by Gasteiger charge is -2.26. The van der Waals surface area contributed by atoms with Gasteiger partial charge < -0.3 is 5.32 Å². The van der Waals surface area contributed by atoms with Gasteiger partial charge in [0.2, 0.25) is 5.91 Å². The van der Waals surface area contributed by atoms with Crippen LogP contribution in [0.4, 0.5) is 37.7 Å². The van der Waals surface area contributed by atoms with Gasteiger partial charge >= 0.3 is 12.4 Å². The molecule has 3 aromatic carbocycles. The highest BCUT2D eigenvalue weighted by atomic mass is 35.5. The zero-order chi connectivity index (χ0) is 26.0. The van der Waals surface area contributed by atoms with Crippen LogP contribution < -0.4 is 9.62 Å². The summed E-state index contributed by atoms with van der Waals surface area (Å²) in [5, 5.41) is 1.73. The van der Waals surface area contributed by atoms with Gasteiger partial charge in [0.15, 0.2) is 0 Å². The third-order valence-corrected chi connectivity index (χ3v) is 6.73. The number of hydrogen-bond donors (Lipinski definition) is 1. The molecule has 0 aliphatic rings. The van der Waals surface area contributed by atoms with Crippen LogP contribution in [0.2, 0.25) is 5.02 Å². The Labute approximate surface area is 201 Å². The number of carbonyl (C=O) groups is 1. The third-order valence-electron chi connectivity index (χ3n) is 4.63. The topological polar surface area (TPSA) is 66.5 Å². The Balaban J connectivity index is 2.03. The molecule has 0 radical (unpaired) electrons. The van der Waals surface area contributed by atoms with Crippen molar-refractivity contribution in [3.05, 3.63) is 88.9 Å². The van der Waals surface area contributed by atoms with Gasteiger partial charge in [-0.2, -0.15) is 26.3 Å². The third kappa shape index (κ3) is 6.25. The summed E-state index contributed by atoms with van der Waals surface area (Å²) in [6.07, 6.45) is -9.54. The van der Waals surface area contributed by atoms with Gasteiger partial charge in [-0.05, 0) is 48.5 Å². The molecule has 0 spiro atoms. The maximum Gasteiger partial charge on any atom is 0.416 e. The Morgan fingerprint density at radius 3 is 2.03 bits per heavy atom. The number of amides is 1. The minimum Gasteiger partial charge on any atom is -0.325 e. The highest BCUT2D eigenvalue weighted by Crippen LogP contribution is 2.37. The number of anilines is 2. The largest absolute Gasteiger partial charge is 0.416 e. The number of halogens is 7. The molecule has 0 atom stereocenters. The van der Waals surface area contributed by atoms with Gasteiger partial charge in [0.25, 0.3) is 10.0 Å². The smallest absolute Gasteiger partial charge is 0.325 e. The maximum atomic E-state index is 13.3. The van der Waals surface area contributed by atoms with E-state index in [2.05, 4.69) is 5.32 Å². The molecule has 186 valence electrons. The summed E-state index contributed by atoms with van der Waals surface area (Å²) in [4.78, 5) is 12.3. The maximum absolute atomic E-state index is 13.3. The molecule has 3 rings (SSSR count). The first-order chi connectivity index (χ1) is 16.2. The van der Waals surface area contributed by atoms with Crippen molar-refractivity contribution >= 4 is 38.9 Å². The number of nitrogens with one attached hydrogen (secondary N) is 1. The number of sulfonamides is 1. The molecule has 35 heavy (non-hydrogen) atoms. The number of alkyl halides is 6. The number of hydrogen-bond acceptors (Lipinski definition) is 3. The van der Waals surface area contributed by atoms with E-state index in [4.69, 9.17) is 11.6 Å². The van der Waals surface area contributed by atoms with Gasteiger partial charge in [-0.3, -0.25) is 9.10 Å². The molecule has 0 aromatic heterocycles. The SMILES string of the molecule is O=C(CN(c1cc(C(F)(F)F)ccc1Cl)S(=O)(=O)c1ccccc1)Nc1cccc(C(F)(F)F)c1. The van der Waals surface area contributed by atoms with Crippen LogP contribution in [0.3, 0.4) is 0 Å². The number of carbonyl (C=O) groups excluding carboxylic acids is 1. The molecule has 1 N–H and O–H groups in total. The standard InChI is InChI=1S/C22H15ClF6N2O3S/c23-18-10-9-15(22(27,28)29)12-19(18)31(35(33,34)17-7-2-1-3-8-17)13-20(32)30-16-6-4-5-14(11-16)21(24,25)26/h1-12H,13H2,(H,30,32). The molecule has 0 saturated carbocycles. The van der Waals surface area contributed by atoms with Crippen molar-refractivity contribution in [2.75, 3.05) is 16.2 Å². The molecule has 0 aliphatic carbocycles. The molecule has 0 fully saturated rings. The van der Waals surface area contributed by atoms with E-state index in [0.29, 0.717) is 22.5 Å². The summed E-state index contributed by atoms with van der Waals surface area (Å²) in [7, 11) is -4.62. The lowest BCUT2D eigenvalue weighted by atomic mass is 10.2. The van der Waals surface area contributed by atoms with Crippen LogP contribution in [0.15, 0.2) is 77.7 Å². The Bertz CT molecular complexity index is 1330. The van der Waals surface area contributed by atoms with Gasteiger partial charge in [0.1, 0.15) is 6.54 Å². The molecule has 0 bridgehead atoms. The van der Waals surface area contributed by atoms with Crippen LogP contribution in [0, 0.1) is 0 Å². The zero-order valence-corrected chi connectivity index (χ0v) is 18.9. The summed E-state index contributed by atoms with van der Waals surface area (Å²) < 4.78 is 106. The quantitative estimate of drug-likeness (QED) is 0.381. The Morgan fingerprint density at radius 1 is 0.829 bits per heavy atom. The molecule has 1 amide bonds. The van der Waals surface area contributed by atoms with Gasteiger partial charge in [0, 0.05) is 5.69 Å². The van der Waals surface area contributed by atoms with Crippen LogP contribution >= 0.6 is 11.6 Å². The van der Waals surface area contributed by atoms with Crippen LogP contribution in [-0.4, -0.2) is 20.9 Å². The first-order valence-electron chi connectivity index (χ1n) is 9.61. The van der Waals surface area contributed by atoms with Crippen LogP contribution in [0.5, 0.6) is 0 Å². The average molecular weight is 537 g/mol. The molecule has 0 saturated heterocycles. The van der Waals surface area contributed by atoms with Crippen molar-refractivity contribution in [3.8, 4) is 0 Å². The first kappa shape index (κ1) is 26.4. The lowest BCUT2D eigenvalue weighted by molar-refractivity contribution is -0.138. The Kier molecular flexibility index (Phi) is 7.37. The van der Waals surface area contributed by atoms with Crippen LogP contribution in [-0.2, 0) is 27.2 Å². The number of nitrogens with zero attached hydrogens (tertiary/aromatic N) is 1. The van der Waals surface area contributed by atoms with E-state index in [0.717, 1.165) is 36.4 Å². The second-order valence-corrected chi connectivity index (χ2v) is 9.38. The van der Waals surface area contributed by atoms with Crippen LogP contribution in [0.1, 0.15) is 11.1 Å². The monoisotopic (exact) mass is 536 g/mol. The Morgan fingerprint density at radius 2 is 1.43 bits per heavy atom. The van der Waals surface area contributed by atoms with Crippen molar-refractivity contribution < 1.29 is 39.6 Å². The first-order valence-corrected chi connectivity index (χ1v) is 11.4. The molecule has 0 unspecified atom stereocenters. The Hall–Kier alpha value is -3.25. The molecular formula is C22H15ClF6N2O3S. The summed E-state index contributed by atoms with van der Waals surface area (Å²) in [6.45, 7) is -1.07. The van der Waals surface area contributed by atoms with E-state index in [1.165, 1.54) is 18.2 Å². The van der Waals surface area contributed by atoms with Crippen molar-refractivity contribution in [1.82, 2.24) is 0 Å². The zero-order valence-electron chi connectivity index (χ0n) is 17.4. The fourth-order valence-corrected chi connectivity index (χ4v) is 4.73. The summed E-state index contributed by atoms with van der Waals surface area (Å²) >= 11 is 6.02. The minimum absolute atomic E-state index is 0.294. The van der Waals surface area contributed by atoms with Gasteiger partial charge in [-0.25, -0.2) is 8.42 Å². The normalized spacial score (nSPS) is 12.3. The van der Waals surface area contributed by atoms with E-state index in [9.17, 15) is 39.6 Å². The summed E-state index contributed by atoms with van der Waals surface area (Å²) in [5.41, 5.74) is -3.21. The average Bonchev–Trinajstić information content (AvgIpc) is 2.77. The number of rotatable bonds is 6. The van der Waals surface area contributed by atoms with Gasteiger partial charge in [0.05, 0.1) is 26.7 Å². The molecule has 0 heterocycles. The van der Waals surface area contributed by atoms with E-state index in [1.807, 2.05) is 0 Å². The number of benzene rings is 3. The van der Waals surface area contributed by atoms with Gasteiger partial charge in [-0.15, -0.1) is 0 Å². The fourth-order valence-electron chi connectivity index (χ4n) is 3.00. The van der Waals surface area contributed by atoms with E-state index < -0.39 is 56.7 Å². The van der Waals surface area contributed by atoms with E-state index in [-0.39, 0.29) is 10.6 Å². The molecule has 3 aromatic rings. The molecule has 13 heteroatoms. The predicted octanol–water partition coefficient (Wildman–Crippen LogP) is 6.21. The lowest BCUT2D eigenvalue weighted by Crippen LogP contribution is -2.38. The van der Waals surface area contributed by atoms with Crippen molar-refractivity contribution in [2.45, 2.75) is 17.2 Å². The van der Waals surface area contributed by atoms with E-state index >= 15 is 0 Å². The highest BCUT2D eigenvalue weighted by molar-refractivity contribution is 7.92. The molecule has 5 nitrogen and oxygen atoms in total. The van der Waals surface area contributed by atoms with Crippen molar-refractivity contribution in [2.24, 2.45) is 0 Å². The summed E-state index contributed by atoms with van der Waals surface area (Å²) in [5.74, 6) is -1.11. The molecule has 0 aliphatic heterocycles. The second kappa shape index (κ2) is 9.78. The predicted molar refractivity (Wildman–Crippen MR) is 118 cm³/mol. The fraction of sp³-hybridized carbons (Fsp3) is 0.136. The van der Waals surface area contributed by atoms with Crippen molar-refractivity contribution in [3.63, 3.8) is 0 Å². The van der Waals surface area contributed by atoms with Gasteiger partial charge in [-0.1, -0.05) is 35.9 Å². The molecular weight excluding hydrogens is 522 g/mol. The second-order valence-electron chi connectivity index (χ2n) is 7.12. The van der Waals surface area contributed by atoms with Crippen molar-refractivity contribution in [1.29, 1.82) is 0 Å². The highest BCUT2D eigenvalue weighted by Gasteiger charge is 2.35.